The van der Waals surface area contributed by atoms with E-state index < -0.39 is 17.9 Å². The molecule has 132 valence electrons. The highest BCUT2D eigenvalue weighted by Gasteiger charge is 2.16. The standard InChI is InChI=1S/C19H16BrN3O3/c1-12(26-15-9-7-14(20)8-10-15)18(24)22-23-19(25)17-11-6-13-4-2-3-5-16(13)21-17/h2-12H,1H3,(H,22,24)(H,23,25). The number of ether oxygens (including phenoxy) is 1. The van der Waals surface area contributed by atoms with E-state index >= 15 is 0 Å². The van der Waals surface area contributed by atoms with Gasteiger partial charge in [-0.15, -0.1) is 0 Å². The van der Waals surface area contributed by atoms with Crippen LogP contribution in [0.5, 0.6) is 5.75 Å². The third-order valence-electron chi connectivity index (χ3n) is 3.63. The van der Waals surface area contributed by atoms with Crippen molar-refractivity contribution in [3.05, 3.63) is 70.8 Å². The molecule has 2 N–H and O–H groups in total. The van der Waals surface area contributed by atoms with Crippen LogP contribution in [0.15, 0.2) is 65.1 Å². The van der Waals surface area contributed by atoms with Gasteiger partial charge in [-0.3, -0.25) is 20.4 Å². The molecular formula is C19H16BrN3O3. The van der Waals surface area contributed by atoms with Crippen molar-refractivity contribution in [3.8, 4) is 5.75 Å². The number of pyridine rings is 1. The monoisotopic (exact) mass is 413 g/mol. The van der Waals surface area contributed by atoms with Crippen molar-refractivity contribution in [2.24, 2.45) is 0 Å². The van der Waals surface area contributed by atoms with Crippen LogP contribution in [0.25, 0.3) is 10.9 Å². The largest absolute Gasteiger partial charge is 0.481 e. The quantitative estimate of drug-likeness (QED) is 0.643. The van der Waals surface area contributed by atoms with Crippen LogP contribution < -0.4 is 15.6 Å². The summed E-state index contributed by atoms with van der Waals surface area (Å²) in [6, 6.07) is 18.0. The zero-order chi connectivity index (χ0) is 18.5. The van der Waals surface area contributed by atoms with E-state index in [-0.39, 0.29) is 5.69 Å². The molecule has 1 atom stereocenters. The molecule has 1 heterocycles. The Labute approximate surface area is 158 Å². The minimum Gasteiger partial charge on any atom is -0.481 e. The van der Waals surface area contributed by atoms with Crippen LogP contribution in [0.4, 0.5) is 0 Å². The summed E-state index contributed by atoms with van der Waals surface area (Å²) in [6.07, 6.45) is -0.777. The molecule has 0 saturated carbocycles. The normalized spacial score (nSPS) is 11.6. The maximum absolute atomic E-state index is 12.2. The predicted octanol–water partition coefficient (Wildman–Crippen LogP) is 3.23. The SMILES string of the molecule is CC(Oc1ccc(Br)cc1)C(=O)NNC(=O)c1ccc2ccccc2n1. The highest BCUT2D eigenvalue weighted by atomic mass is 79.9. The van der Waals surface area contributed by atoms with Gasteiger partial charge in [-0.25, -0.2) is 4.98 Å². The number of hydrazine groups is 1. The Morgan fingerprint density at radius 2 is 1.73 bits per heavy atom. The Morgan fingerprint density at radius 1 is 1.00 bits per heavy atom. The lowest BCUT2D eigenvalue weighted by molar-refractivity contribution is -0.128. The van der Waals surface area contributed by atoms with Gasteiger partial charge in [-0.2, -0.15) is 0 Å². The number of benzene rings is 2. The third-order valence-corrected chi connectivity index (χ3v) is 4.15. The topological polar surface area (TPSA) is 80.3 Å². The molecule has 7 heteroatoms. The Kier molecular flexibility index (Phi) is 5.48. The van der Waals surface area contributed by atoms with E-state index in [0.717, 1.165) is 9.86 Å². The number of carbonyl (C=O) groups is 2. The summed E-state index contributed by atoms with van der Waals surface area (Å²) in [6.45, 7) is 1.60. The van der Waals surface area contributed by atoms with Gasteiger partial charge in [0.25, 0.3) is 11.8 Å². The lowest BCUT2D eigenvalue weighted by Gasteiger charge is -2.15. The minimum absolute atomic E-state index is 0.213. The first-order valence-electron chi connectivity index (χ1n) is 7.91. The minimum atomic E-state index is -0.777. The second-order valence-corrected chi connectivity index (χ2v) is 6.46. The Balaban J connectivity index is 1.57. The van der Waals surface area contributed by atoms with Gasteiger partial charge in [0, 0.05) is 9.86 Å². The number of para-hydroxylation sites is 1. The average molecular weight is 414 g/mol. The maximum Gasteiger partial charge on any atom is 0.288 e. The molecule has 2 aromatic carbocycles. The predicted molar refractivity (Wildman–Crippen MR) is 102 cm³/mol. The summed E-state index contributed by atoms with van der Waals surface area (Å²) in [4.78, 5) is 28.5. The number of amides is 2. The van der Waals surface area contributed by atoms with Crippen molar-refractivity contribution in [2.45, 2.75) is 13.0 Å². The first-order valence-corrected chi connectivity index (χ1v) is 8.70. The number of hydrogen-bond donors (Lipinski definition) is 2. The van der Waals surface area contributed by atoms with Crippen LogP contribution in [0.1, 0.15) is 17.4 Å². The number of nitrogens with one attached hydrogen (secondary N) is 2. The number of aromatic nitrogens is 1. The molecule has 0 aliphatic heterocycles. The lowest BCUT2D eigenvalue weighted by Crippen LogP contribution is -2.47. The van der Waals surface area contributed by atoms with E-state index in [4.69, 9.17) is 4.74 Å². The Bertz CT molecular complexity index is 944. The highest BCUT2D eigenvalue weighted by molar-refractivity contribution is 9.10. The average Bonchev–Trinajstić information content (AvgIpc) is 2.67. The molecule has 0 aliphatic carbocycles. The van der Waals surface area contributed by atoms with Gasteiger partial charge in [0.05, 0.1) is 5.52 Å². The Morgan fingerprint density at radius 3 is 2.50 bits per heavy atom. The van der Waals surface area contributed by atoms with Crippen molar-refractivity contribution in [3.63, 3.8) is 0 Å². The first kappa shape index (κ1) is 17.9. The molecule has 0 spiro atoms. The van der Waals surface area contributed by atoms with Crippen LogP contribution in [-0.2, 0) is 4.79 Å². The zero-order valence-corrected chi connectivity index (χ0v) is 15.5. The summed E-state index contributed by atoms with van der Waals surface area (Å²) in [7, 11) is 0. The van der Waals surface area contributed by atoms with E-state index in [2.05, 4.69) is 31.8 Å². The second-order valence-electron chi connectivity index (χ2n) is 5.55. The number of halogens is 1. The van der Waals surface area contributed by atoms with Crippen LogP contribution in [0, 0.1) is 0 Å². The molecule has 0 fully saturated rings. The van der Waals surface area contributed by atoms with Crippen molar-refractivity contribution >= 4 is 38.6 Å². The third kappa shape index (κ3) is 4.37. The van der Waals surface area contributed by atoms with E-state index in [1.165, 1.54) is 0 Å². The molecular weight excluding hydrogens is 398 g/mol. The van der Waals surface area contributed by atoms with Gasteiger partial charge in [0.1, 0.15) is 11.4 Å². The molecule has 0 aliphatic rings. The fourth-order valence-corrected chi connectivity index (χ4v) is 2.51. The molecule has 0 saturated heterocycles. The summed E-state index contributed by atoms with van der Waals surface area (Å²) in [5, 5.41) is 0.935. The van der Waals surface area contributed by atoms with Crippen molar-refractivity contribution in [2.75, 3.05) is 0 Å². The highest BCUT2D eigenvalue weighted by Crippen LogP contribution is 2.17. The molecule has 3 rings (SSSR count). The van der Waals surface area contributed by atoms with Crippen LogP contribution in [0.2, 0.25) is 0 Å². The number of hydrogen-bond acceptors (Lipinski definition) is 4. The fourth-order valence-electron chi connectivity index (χ4n) is 2.25. The summed E-state index contributed by atoms with van der Waals surface area (Å²) < 4.78 is 6.44. The number of rotatable bonds is 4. The van der Waals surface area contributed by atoms with E-state index in [9.17, 15) is 9.59 Å². The van der Waals surface area contributed by atoms with Crippen molar-refractivity contribution < 1.29 is 14.3 Å². The smallest absolute Gasteiger partial charge is 0.288 e. The lowest BCUT2D eigenvalue weighted by atomic mass is 10.2. The van der Waals surface area contributed by atoms with Crippen molar-refractivity contribution in [1.82, 2.24) is 15.8 Å². The molecule has 26 heavy (non-hydrogen) atoms. The van der Waals surface area contributed by atoms with Gasteiger partial charge in [0.2, 0.25) is 0 Å². The molecule has 1 unspecified atom stereocenters. The van der Waals surface area contributed by atoms with Crippen molar-refractivity contribution in [1.29, 1.82) is 0 Å². The number of carbonyl (C=O) groups excluding carboxylic acids is 2. The van der Waals surface area contributed by atoms with Crippen LogP contribution >= 0.6 is 15.9 Å². The fraction of sp³-hybridized carbons (Fsp3) is 0.105. The van der Waals surface area contributed by atoms with E-state index in [1.54, 1.807) is 31.2 Å². The molecule has 1 aromatic heterocycles. The van der Waals surface area contributed by atoms with Crippen LogP contribution in [0.3, 0.4) is 0 Å². The summed E-state index contributed by atoms with van der Waals surface area (Å²) in [5.74, 6) is -0.416. The molecule has 0 bridgehead atoms. The summed E-state index contributed by atoms with van der Waals surface area (Å²) >= 11 is 3.33. The number of fused-ring (bicyclic) bond motifs is 1. The molecule has 6 nitrogen and oxygen atoms in total. The number of nitrogens with zero attached hydrogens (tertiary/aromatic N) is 1. The van der Waals surface area contributed by atoms with Gasteiger partial charge in [-0.1, -0.05) is 40.2 Å². The van der Waals surface area contributed by atoms with Gasteiger partial charge in [0.15, 0.2) is 6.10 Å². The summed E-state index contributed by atoms with van der Waals surface area (Å²) in [5.41, 5.74) is 5.62. The Hall–Kier alpha value is -2.93. The second kappa shape index (κ2) is 7.97. The van der Waals surface area contributed by atoms with Gasteiger partial charge >= 0.3 is 0 Å². The van der Waals surface area contributed by atoms with Gasteiger partial charge < -0.3 is 4.74 Å². The first-order chi connectivity index (χ1) is 12.5. The van der Waals surface area contributed by atoms with E-state index in [0.29, 0.717) is 11.3 Å². The molecule has 2 amide bonds. The van der Waals surface area contributed by atoms with Gasteiger partial charge in [-0.05, 0) is 43.3 Å². The molecule has 0 radical (unpaired) electrons. The van der Waals surface area contributed by atoms with E-state index in [1.807, 2.05) is 36.4 Å². The zero-order valence-electron chi connectivity index (χ0n) is 13.9. The van der Waals surface area contributed by atoms with Crippen LogP contribution in [-0.4, -0.2) is 22.9 Å². The molecule has 3 aromatic rings. The maximum atomic E-state index is 12.2.